The van der Waals surface area contributed by atoms with Crippen molar-refractivity contribution >= 4 is 0 Å². The maximum absolute atomic E-state index is 5.12. The molecule has 6 aromatic carbocycles. The Morgan fingerprint density at radius 1 is 0.431 bits per heavy atom. The normalized spacial score (nSPS) is 12.7. The number of pyridine rings is 1. The van der Waals surface area contributed by atoms with Crippen LogP contribution in [0.4, 0.5) is 0 Å². The molecule has 2 aromatic heterocycles. The zero-order valence-electron chi connectivity index (χ0n) is 28.5. The van der Waals surface area contributed by atoms with E-state index in [0.29, 0.717) is 17.5 Å². The van der Waals surface area contributed by atoms with Crippen molar-refractivity contribution in [3.63, 3.8) is 0 Å². The van der Waals surface area contributed by atoms with Gasteiger partial charge in [0.2, 0.25) is 0 Å². The monoisotopic (exact) mass is 654 g/mol. The van der Waals surface area contributed by atoms with Crippen molar-refractivity contribution in [2.75, 3.05) is 0 Å². The molecule has 0 N–H and O–H groups in total. The van der Waals surface area contributed by atoms with Crippen molar-refractivity contribution in [1.29, 1.82) is 0 Å². The van der Waals surface area contributed by atoms with Crippen LogP contribution in [0, 0.1) is 13.8 Å². The van der Waals surface area contributed by atoms with E-state index >= 15 is 0 Å². The minimum absolute atomic E-state index is 0.554. The topological polar surface area (TPSA) is 51.6 Å². The highest BCUT2D eigenvalue weighted by atomic mass is 15.0. The van der Waals surface area contributed by atoms with Crippen LogP contribution in [0.15, 0.2) is 170 Å². The highest BCUT2D eigenvalue weighted by Crippen LogP contribution is 2.58. The number of rotatable bonds is 6. The van der Waals surface area contributed by atoms with E-state index < -0.39 is 5.41 Å². The summed E-state index contributed by atoms with van der Waals surface area (Å²) < 4.78 is 0. The van der Waals surface area contributed by atoms with Crippen LogP contribution >= 0.6 is 0 Å². The van der Waals surface area contributed by atoms with E-state index in [0.717, 1.165) is 33.4 Å². The van der Waals surface area contributed by atoms with Crippen LogP contribution in [0.1, 0.15) is 33.6 Å². The number of aromatic nitrogens is 4. The Balaban J connectivity index is 1.33. The summed E-state index contributed by atoms with van der Waals surface area (Å²) >= 11 is 0. The summed E-state index contributed by atoms with van der Waals surface area (Å²) in [6, 6.07) is 56.4. The Bertz CT molecular complexity index is 2500. The molecule has 0 amide bonds. The number of nitrogens with zero attached hydrogens (tertiary/aromatic N) is 4. The predicted octanol–water partition coefficient (Wildman–Crippen LogP) is 10.9. The minimum Gasteiger partial charge on any atom is -0.264 e. The molecule has 0 fully saturated rings. The van der Waals surface area contributed by atoms with Crippen LogP contribution in [0.25, 0.3) is 56.2 Å². The first kappa shape index (κ1) is 30.5. The lowest BCUT2D eigenvalue weighted by Gasteiger charge is -2.34. The second-order valence-corrected chi connectivity index (χ2v) is 13.1. The van der Waals surface area contributed by atoms with Gasteiger partial charge in [0.1, 0.15) is 5.82 Å². The number of hydrogen-bond acceptors (Lipinski definition) is 4. The van der Waals surface area contributed by atoms with Gasteiger partial charge in [0, 0.05) is 23.5 Å². The Hall–Kier alpha value is -6.52. The van der Waals surface area contributed by atoms with Crippen LogP contribution in [0.3, 0.4) is 0 Å². The minimum atomic E-state index is -0.554. The first-order valence-corrected chi connectivity index (χ1v) is 17.3. The summed E-state index contributed by atoms with van der Waals surface area (Å²) in [5.41, 5.74) is 14.4. The summed E-state index contributed by atoms with van der Waals surface area (Å²) in [5.74, 6) is 2.02. The van der Waals surface area contributed by atoms with Crippen molar-refractivity contribution in [1.82, 2.24) is 19.9 Å². The van der Waals surface area contributed by atoms with Gasteiger partial charge in [-0.25, -0.2) is 15.0 Å². The molecular formula is C47H34N4. The molecule has 8 aromatic rings. The van der Waals surface area contributed by atoms with Crippen LogP contribution in [-0.4, -0.2) is 19.9 Å². The third kappa shape index (κ3) is 5.07. The average Bonchev–Trinajstić information content (AvgIpc) is 3.49. The van der Waals surface area contributed by atoms with Gasteiger partial charge in [-0.05, 0) is 93.2 Å². The van der Waals surface area contributed by atoms with Crippen molar-refractivity contribution in [3.05, 3.63) is 204 Å². The third-order valence-corrected chi connectivity index (χ3v) is 10.1. The zero-order chi connectivity index (χ0) is 34.4. The van der Waals surface area contributed by atoms with E-state index in [1.165, 1.54) is 38.9 Å². The Morgan fingerprint density at radius 2 is 1.06 bits per heavy atom. The van der Waals surface area contributed by atoms with Crippen molar-refractivity contribution in [3.8, 4) is 56.2 Å². The van der Waals surface area contributed by atoms with Gasteiger partial charge in [0.05, 0.1) is 5.41 Å². The molecule has 2 heterocycles. The molecule has 9 rings (SSSR count). The Morgan fingerprint density at radius 3 is 1.78 bits per heavy atom. The smallest absolute Gasteiger partial charge is 0.164 e. The SMILES string of the molecule is Cc1nc(-c2ccccc2)nc(-c2cccc3c2-c2cc(-c4cccc(-c5ccncc5C)c4)ccc2C3(c2ccccc2)c2ccccc2)n1. The third-order valence-electron chi connectivity index (χ3n) is 10.1. The lowest BCUT2D eigenvalue weighted by molar-refractivity contribution is 0.768. The average molecular weight is 655 g/mol. The molecule has 1 aliphatic carbocycles. The highest BCUT2D eigenvalue weighted by Gasteiger charge is 2.47. The van der Waals surface area contributed by atoms with Gasteiger partial charge in [-0.1, -0.05) is 140 Å². The van der Waals surface area contributed by atoms with E-state index in [2.05, 4.69) is 139 Å². The van der Waals surface area contributed by atoms with E-state index in [-0.39, 0.29) is 0 Å². The maximum Gasteiger partial charge on any atom is 0.164 e. The molecular weight excluding hydrogens is 621 g/mol. The highest BCUT2D eigenvalue weighted by molar-refractivity contribution is 5.96. The number of benzene rings is 6. The van der Waals surface area contributed by atoms with Gasteiger partial charge in [-0.3, -0.25) is 4.98 Å². The van der Waals surface area contributed by atoms with E-state index in [4.69, 9.17) is 15.0 Å². The molecule has 51 heavy (non-hydrogen) atoms. The molecule has 1 aliphatic rings. The first-order valence-electron chi connectivity index (χ1n) is 17.3. The van der Waals surface area contributed by atoms with Gasteiger partial charge < -0.3 is 0 Å². The summed E-state index contributed by atoms with van der Waals surface area (Å²) in [7, 11) is 0. The molecule has 0 spiro atoms. The standard InChI is InChI=1S/C47H34N4/c1-31-30-48-27-26-39(31)36-17-12-16-34(28-36)35-24-25-42-41(29-35)44-40(46-50-32(2)49-45(51-46)33-14-6-3-7-15-33)22-13-23-43(44)47(42,37-18-8-4-9-19-37)38-20-10-5-11-21-38/h3-30H,1-2H3. The molecule has 4 heteroatoms. The van der Waals surface area contributed by atoms with Crippen LogP contribution in [0.2, 0.25) is 0 Å². The molecule has 0 unspecified atom stereocenters. The molecule has 0 bridgehead atoms. The van der Waals surface area contributed by atoms with Crippen LogP contribution in [-0.2, 0) is 5.41 Å². The molecule has 0 aliphatic heterocycles. The molecule has 0 saturated heterocycles. The molecule has 0 saturated carbocycles. The van der Waals surface area contributed by atoms with Gasteiger partial charge in [-0.2, -0.15) is 0 Å². The summed E-state index contributed by atoms with van der Waals surface area (Å²) in [6.07, 6.45) is 3.79. The quantitative estimate of drug-likeness (QED) is 0.179. The van der Waals surface area contributed by atoms with Crippen molar-refractivity contribution in [2.45, 2.75) is 19.3 Å². The van der Waals surface area contributed by atoms with E-state index in [1.807, 2.05) is 49.6 Å². The fourth-order valence-electron chi connectivity index (χ4n) is 7.89. The number of aryl methyl sites for hydroxylation is 2. The number of hydrogen-bond donors (Lipinski definition) is 0. The van der Waals surface area contributed by atoms with Gasteiger partial charge in [0.25, 0.3) is 0 Å². The largest absolute Gasteiger partial charge is 0.264 e. The summed E-state index contributed by atoms with van der Waals surface area (Å²) in [6.45, 7) is 4.06. The van der Waals surface area contributed by atoms with Crippen molar-refractivity contribution < 1.29 is 0 Å². The zero-order valence-corrected chi connectivity index (χ0v) is 28.5. The number of fused-ring (bicyclic) bond motifs is 3. The van der Waals surface area contributed by atoms with Gasteiger partial charge in [-0.15, -0.1) is 0 Å². The molecule has 0 radical (unpaired) electrons. The van der Waals surface area contributed by atoms with Gasteiger partial charge in [0.15, 0.2) is 11.6 Å². The first-order chi connectivity index (χ1) is 25.1. The van der Waals surface area contributed by atoms with E-state index in [9.17, 15) is 0 Å². The lowest BCUT2D eigenvalue weighted by Crippen LogP contribution is -2.28. The second kappa shape index (κ2) is 12.4. The summed E-state index contributed by atoms with van der Waals surface area (Å²) in [5, 5.41) is 0. The lowest BCUT2D eigenvalue weighted by atomic mass is 9.67. The van der Waals surface area contributed by atoms with Crippen LogP contribution in [0.5, 0.6) is 0 Å². The maximum atomic E-state index is 5.12. The predicted molar refractivity (Wildman–Crippen MR) is 206 cm³/mol. The summed E-state index contributed by atoms with van der Waals surface area (Å²) in [4.78, 5) is 19.2. The fraction of sp³-hybridized carbons (Fsp3) is 0.0638. The Labute approximate surface area is 298 Å². The molecule has 242 valence electrons. The Kier molecular flexibility index (Phi) is 7.44. The fourth-order valence-corrected chi connectivity index (χ4v) is 7.89. The molecule has 4 nitrogen and oxygen atoms in total. The van der Waals surface area contributed by atoms with Crippen LogP contribution < -0.4 is 0 Å². The van der Waals surface area contributed by atoms with Gasteiger partial charge >= 0.3 is 0 Å². The molecule has 0 atom stereocenters. The van der Waals surface area contributed by atoms with Crippen molar-refractivity contribution in [2.24, 2.45) is 0 Å². The van der Waals surface area contributed by atoms with E-state index in [1.54, 1.807) is 0 Å². The second-order valence-electron chi connectivity index (χ2n) is 13.1.